The Morgan fingerprint density at radius 3 is 2.62 bits per heavy atom. The number of thiazole rings is 1. The highest BCUT2D eigenvalue weighted by Crippen LogP contribution is 2.11. The van der Waals surface area contributed by atoms with Crippen LogP contribution < -0.4 is 5.32 Å². The minimum atomic E-state index is -0.922. The first kappa shape index (κ1) is 15.2. The number of hydrogen-bond acceptors (Lipinski definition) is 4. The number of amides is 1. The van der Waals surface area contributed by atoms with Gasteiger partial charge in [-0.3, -0.25) is 9.59 Å². The fraction of sp³-hybridized carbons (Fsp3) is 0.267. The molecule has 1 amide bonds. The summed E-state index contributed by atoms with van der Waals surface area (Å²) in [7, 11) is 0. The van der Waals surface area contributed by atoms with E-state index in [9.17, 15) is 14.7 Å². The van der Waals surface area contributed by atoms with Crippen LogP contribution in [0.15, 0.2) is 35.2 Å². The number of aryl methyl sites for hydroxylation is 1. The molecule has 21 heavy (non-hydrogen) atoms. The summed E-state index contributed by atoms with van der Waals surface area (Å²) in [5.41, 5.74) is 3.95. The largest absolute Gasteiger partial charge is 0.481 e. The number of hydrogen-bond donors (Lipinski definition) is 2. The normalized spacial score (nSPS) is 11.9. The molecule has 0 saturated carbocycles. The molecule has 1 aromatic heterocycles. The van der Waals surface area contributed by atoms with Crippen molar-refractivity contribution in [2.75, 3.05) is 6.54 Å². The third-order valence-corrected chi connectivity index (χ3v) is 3.71. The SMILES string of the molecule is Cc1ccc(CC(CNC(=O)c2cscn2)C(=O)O)cc1. The van der Waals surface area contributed by atoms with Gasteiger partial charge < -0.3 is 10.4 Å². The Morgan fingerprint density at radius 2 is 2.05 bits per heavy atom. The topological polar surface area (TPSA) is 79.3 Å². The summed E-state index contributed by atoms with van der Waals surface area (Å²) in [5, 5.41) is 13.5. The zero-order valence-electron chi connectivity index (χ0n) is 11.6. The number of carbonyl (C=O) groups is 2. The van der Waals surface area contributed by atoms with Crippen molar-refractivity contribution in [3.8, 4) is 0 Å². The molecule has 1 aromatic carbocycles. The van der Waals surface area contributed by atoms with E-state index in [4.69, 9.17) is 0 Å². The zero-order chi connectivity index (χ0) is 15.2. The Hall–Kier alpha value is -2.21. The molecule has 0 aliphatic heterocycles. The van der Waals surface area contributed by atoms with Gasteiger partial charge in [-0.05, 0) is 18.9 Å². The van der Waals surface area contributed by atoms with E-state index in [2.05, 4.69) is 10.3 Å². The summed E-state index contributed by atoms with van der Waals surface area (Å²) < 4.78 is 0. The molecule has 0 spiro atoms. The summed E-state index contributed by atoms with van der Waals surface area (Å²) in [5.74, 6) is -1.92. The molecule has 110 valence electrons. The average Bonchev–Trinajstić information content (AvgIpc) is 2.99. The second-order valence-electron chi connectivity index (χ2n) is 4.81. The summed E-state index contributed by atoms with van der Waals surface area (Å²) >= 11 is 1.32. The van der Waals surface area contributed by atoms with Crippen molar-refractivity contribution in [2.45, 2.75) is 13.3 Å². The Kier molecular flexibility index (Phi) is 5.05. The Balaban J connectivity index is 1.94. The maximum absolute atomic E-state index is 11.8. The lowest BCUT2D eigenvalue weighted by Gasteiger charge is -2.13. The number of carboxylic acid groups (broad SMARTS) is 1. The van der Waals surface area contributed by atoms with Gasteiger partial charge in [-0.25, -0.2) is 4.98 Å². The predicted molar refractivity (Wildman–Crippen MR) is 80.5 cm³/mol. The molecular weight excluding hydrogens is 288 g/mol. The van der Waals surface area contributed by atoms with E-state index in [1.807, 2.05) is 31.2 Å². The van der Waals surface area contributed by atoms with E-state index in [0.717, 1.165) is 11.1 Å². The Bertz CT molecular complexity index is 608. The van der Waals surface area contributed by atoms with Crippen molar-refractivity contribution in [1.82, 2.24) is 10.3 Å². The fourth-order valence-corrected chi connectivity index (χ4v) is 2.42. The van der Waals surface area contributed by atoms with Gasteiger partial charge in [0.1, 0.15) is 5.69 Å². The lowest BCUT2D eigenvalue weighted by Crippen LogP contribution is -2.34. The van der Waals surface area contributed by atoms with Crippen LogP contribution in [0.4, 0.5) is 0 Å². The molecule has 0 bridgehead atoms. The number of aliphatic carboxylic acids is 1. The van der Waals surface area contributed by atoms with Crippen LogP contribution in [0.3, 0.4) is 0 Å². The number of nitrogens with one attached hydrogen (secondary N) is 1. The van der Waals surface area contributed by atoms with Crippen molar-refractivity contribution >= 4 is 23.2 Å². The van der Waals surface area contributed by atoms with E-state index >= 15 is 0 Å². The van der Waals surface area contributed by atoms with E-state index < -0.39 is 11.9 Å². The van der Waals surface area contributed by atoms with E-state index in [0.29, 0.717) is 12.1 Å². The van der Waals surface area contributed by atoms with Crippen molar-refractivity contribution < 1.29 is 14.7 Å². The second kappa shape index (κ2) is 6.99. The standard InChI is InChI=1S/C15H16N2O3S/c1-10-2-4-11(5-3-10)6-12(15(19)20)7-16-14(18)13-8-21-9-17-13/h2-5,8-9,12H,6-7H2,1H3,(H,16,18)(H,19,20). The number of carbonyl (C=O) groups excluding carboxylic acids is 1. The first-order valence-electron chi connectivity index (χ1n) is 6.51. The first-order chi connectivity index (χ1) is 10.1. The molecule has 2 rings (SSSR count). The predicted octanol–water partition coefficient (Wildman–Crippen LogP) is 2.12. The molecular formula is C15H16N2O3S. The minimum Gasteiger partial charge on any atom is -0.481 e. The minimum absolute atomic E-state index is 0.0829. The van der Waals surface area contributed by atoms with Crippen LogP contribution in [0, 0.1) is 12.8 Å². The molecule has 1 heterocycles. The van der Waals surface area contributed by atoms with E-state index in [1.54, 1.807) is 10.9 Å². The molecule has 6 heteroatoms. The molecule has 0 aliphatic rings. The highest BCUT2D eigenvalue weighted by molar-refractivity contribution is 7.07. The monoisotopic (exact) mass is 304 g/mol. The molecule has 2 N–H and O–H groups in total. The van der Waals surface area contributed by atoms with Crippen LogP contribution in [0.25, 0.3) is 0 Å². The van der Waals surface area contributed by atoms with Crippen LogP contribution in [0.5, 0.6) is 0 Å². The maximum atomic E-state index is 11.8. The van der Waals surface area contributed by atoms with Gasteiger partial charge in [0.2, 0.25) is 0 Å². The van der Waals surface area contributed by atoms with Crippen LogP contribution >= 0.6 is 11.3 Å². The number of nitrogens with zero attached hydrogens (tertiary/aromatic N) is 1. The fourth-order valence-electron chi connectivity index (χ4n) is 1.89. The first-order valence-corrected chi connectivity index (χ1v) is 7.45. The van der Waals surface area contributed by atoms with Crippen molar-refractivity contribution in [2.24, 2.45) is 5.92 Å². The Labute approximate surface area is 126 Å². The number of benzene rings is 1. The summed E-state index contributed by atoms with van der Waals surface area (Å²) in [6.07, 6.45) is 0.382. The van der Waals surface area contributed by atoms with E-state index in [-0.39, 0.29) is 12.5 Å². The second-order valence-corrected chi connectivity index (χ2v) is 5.53. The molecule has 2 aromatic rings. The van der Waals surface area contributed by atoms with Gasteiger partial charge >= 0.3 is 5.97 Å². The van der Waals surface area contributed by atoms with Crippen LogP contribution in [-0.4, -0.2) is 28.5 Å². The molecule has 1 atom stereocenters. The smallest absolute Gasteiger partial charge is 0.308 e. The average molecular weight is 304 g/mol. The number of aromatic nitrogens is 1. The van der Waals surface area contributed by atoms with Crippen molar-refractivity contribution in [1.29, 1.82) is 0 Å². The highest BCUT2D eigenvalue weighted by Gasteiger charge is 2.19. The molecule has 0 aliphatic carbocycles. The van der Waals surface area contributed by atoms with Gasteiger partial charge in [0.15, 0.2) is 0 Å². The lowest BCUT2D eigenvalue weighted by molar-refractivity contribution is -0.141. The molecule has 1 unspecified atom stereocenters. The van der Waals surface area contributed by atoms with Crippen LogP contribution in [-0.2, 0) is 11.2 Å². The quantitative estimate of drug-likeness (QED) is 0.857. The maximum Gasteiger partial charge on any atom is 0.308 e. The van der Waals surface area contributed by atoms with Gasteiger partial charge in [-0.2, -0.15) is 0 Å². The van der Waals surface area contributed by atoms with Gasteiger partial charge in [0.25, 0.3) is 5.91 Å². The summed E-state index contributed by atoms with van der Waals surface area (Å²) in [6.45, 7) is 2.06. The van der Waals surface area contributed by atoms with E-state index in [1.165, 1.54) is 11.3 Å². The van der Waals surface area contributed by atoms with Gasteiger partial charge in [-0.15, -0.1) is 11.3 Å². The van der Waals surface area contributed by atoms with Gasteiger partial charge in [-0.1, -0.05) is 29.8 Å². The summed E-state index contributed by atoms with van der Waals surface area (Å²) in [4.78, 5) is 27.0. The highest BCUT2D eigenvalue weighted by atomic mass is 32.1. The molecule has 0 saturated heterocycles. The molecule has 0 radical (unpaired) electrons. The summed E-state index contributed by atoms with van der Waals surface area (Å²) in [6, 6.07) is 7.71. The molecule has 5 nitrogen and oxygen atoms in total. The zero-order valence-corrected chi connectivity index (χ0v) is 12.4. The van der Waals surface area contributed by atoms with Crippen LogP contribution in [0.1, 0.15) is 21.6 Å². The lowest BCUT2D eigenvalue weighted by atomic mass is 9.98. The number of rotatable bonds is 6. The van der Waals surface area contributed by atoms with Gasteiger partial charge in [0.05, 0.1) is 11.4 Å². The Morgan fingerprint density at radius 1 is 1.33 bits per heavy atom. The number of carboxylic acids is 1. The molecule has 0 fully saturated rings. The van der Waals surface area contributed by atoms with Crippen molar-refractivity contribution in [3.63, 3.8) is 0 Å². The third-order valence-electron chi connectivity index (χ3n) is 3.13. The van der Waals surface area contributed by atoms with Crippen LogP contribution in [0.2, 0.25) is 0 Å². The van der Waals surface area contributed by atoms with Crippen molar-refractivity contribution in [3.05, 3.63) is 52.0 Å². The third kappa shape index (κ3) is 4.39. The van der Waals surface area contributed by atoms with Gasteiger partial charge in [0, 0.05) is 11.9 Å².